The van der Waals surface area contributed by atoms with Crippen LogP contribution in [-0.4, -0.2) is 30.2 Å². The van der Waals surface area contributed by atoms with Gasteiger partial charge in [0, 0.05) is 18.2 Å². The Morgan fingerprint density at radius 2 is 1.90 bits per heavy atom. The Morgan fingerprint density at radius 1 is 1.24 bits per heavy atom. The number of nitrogens with two attached hydrogens (primary N) is 1. The molecule has 0 bridgehead atoms. The second kappa shape index (κ2) is 9.23. The number of nitrogens with zero attached hydrogens (tertiary/aromatic N) is 1. The number of amidine groups is 1. The molecule has 0 amide bonds. The van der Waals surface area contributed by atoms with E-state index in [1.54, 1.807) is 12.1 Å². The Kier molecular flexibility index (Phi) is 7.61. The maximum absolute atomic E-state index is 8.58. The lowest BCUT2D eigenvalue weighted by molar-refractivity contribution is 0.303. The number of rotatable bonds is 9. The predicted molar refractivity (Wildman–Crippen MR) is 86.0 cm³/mol. The van der Waals surface area contributed by atoms with Gasteiger partial charge in [-0.1, -0.05) is 19.0 Å². The highest BCUT2D eigenvalue weighted by molar-refractivity contribution is 5.97. The van der Waals surface area contributed by atoms with E-state index in [1.807, 2.05) is 12.1 Å². The number of oxime groups is 1. The van der Waals surface area contributed by atoms with Crippen molar-refractivity contribution in [3.63, 3.8) is 0 Å². The molecule has 21 heavy (non-hydrogen) atoms. The molecule has 118 valence electrons. The van der Waals surface area contributed by atoms with Gasteiger partial charge < -0.3 is 21.0 Å². The van der Waals surface area contributed by atoms with Crippen molar-refractivity contribution in [2.45, 2.75) is 39.7 Å². The lowest BCUT2D eigenvalue weighted by Gasteiger charge is -2.15. The van der Waals surface area contributed by atoms with Crippen molar-refractivity contribution in [2.24, 2.45) is 16.8 Å². The number of benzene rings is 1. The van der Waals surface area contributed by atoms with Crippen LogP contribution in [0.15, 0.2) is 29.4 Å². The summed E-state index contributed by atoms with van der Waals surface area (Å²) in [5.74, 6) is 1.63. The Morgan fingerprint density at radius 3 is 2.48 bits per heavy atom. The van der Waals surface area contributed by atoms with E-state index < -0.39 is 0 Å². The van der Waals surface area contributed by atoms with Gasteiger partial charge in [0.2, 0.25) is 0 Å². The summed E-state index contributed by atoms with van der Waals surface area (Å²) < 4.78 is 5.64. The molecule has 1 rings (SSSR count). The molecule has 1 unspecified atom stereocenters. The molecule has 0 saturated carbocycles. The van der Waals surface area contributed by atoms with Gasteiger partial charge in [-0.2, -0.15) is 0 Å². The highest BCUT2D eigenvalue weighted by atomic mass is 16.5. The summed E-state index contributed by atoms with van der Waals surface area (Å²) in [7, 11) is 0. The third-order valence-corrected chi connectivity index (χ3v) is 3.30. The Labute approximate surface area is 127 Å². The van der Waals surface area contributed by atoms with E-state index in [4.69, 9.17) is 15.7 Å². The zero-order chi connectivity index (χ0) is 15.7. The summed E-state index contributed by atoms with van der Waals surface area (Å²) in [5, 5.41) is 15.0. The zero-order valence-electron chi connectivity index (χ0n) is 13.2. The molecular weight excluding hydrogens is 266 g/mol. The number of hydrogen-bond donors (Lipinski definition) is 3. The lowest BCUT2D eigenvalue weighted by atomic mass is 10.0. The molecule has 0 saturated heterocycles. The topological polar surface area (TPSA) is 79.9 Å². The Balaban J connectivity index is 2.24. The van der Waals surface area contributed by atoms with Crippen LogP contribution in [0.1, 0.15) is 39.2 Å². The molecule has 0 aliphatic heterocycles. The van der Waals surface area contributed by atoms with Gasteiger partial charge in [0.25, 0.3) is 0 Å². The van der Waals surface area contributed by atoms with Gasteiger partial charge in [0.05, 0.1) is 0 Å². The molecule has 1 aromatic rings. The van der Waals surface area contributed by atoms with Crippen LogP contribution in [0.5, 0.6) is 5.75 Å². The first-order valence-corrected chi connectivity index (χ1v) is 7.47. The van der Waals surface area contributed by atoms with E-state index in [2.05, 4.69) is 31.2 Å². The molecule has 0 heterocycles. The maximum atomic E-state index is 8.58. The molecule has 0 spiro atoms. The molecule has 0 fully saturated rings. The summed E-state index contributed by atoms with van der Waals surface area (Å²) >= 11 is 0. The van der Waals surface area contributed by atoms with Crippen LogP contribution >= 0.6 is 0 Å². The number of ether oxygens (including phenoxy) is 1. The standard InChI is InChI=1S/C16H27N3O2/c1-12(2)4-5-13(3)18-10-11-21-15-8-6-14(7-9-15)16(17)19-20/h6-9,12-13,18,20H,4-5,10-11H2,1-3H3,(H2,17,19). The Bertz CT molecular complexity index is 430. The quantitative estimate of drug-likeness (QED) is 0.215. The zero-order valence-corrected chi connectivity index (χ0v) is 13.2. The summed E-state index contributed by atoms with van der Waals surface area (Å²) in [4.78, 5) is 0. The van der Waals surface area contributed by atoms with E-state index in [0.29, 0.717) is 18.2 Å². The lowest BCUT2D eigenvalue weighted by Crippen LogP contribution is -2.30. The minimum Gasteiger partial charge on any atom is -0.492 e. The molecule has 5 nitrogen and oxygen atoms in total. The SMILES string of the molecule is CC(C)CCC(C)NCCOc1ccc(C(N)=NO)cc1. The highest BCUT2D eigenvalue weighted by Gasteiger charge is 2.03. The summed E-state index contributed by atoms with van der Waals surface area (Å²) in [6.07, 6.45) is 2.43. The summed E-state index contributed by atoms with van der Waals surface area (Å²) in [6, 6.07) is 7.68. The molecule has 5 heteroatoms. The van der Waals surface area contributed by atoms with Crippen molar-refractivity contribution in [3.8, 4) is 5.75 Å². The van der Waals surface area contributed by atoms with Crippen LogP contribution in [0, 0.1) is 5.92 Å². The highest BCUT2D eigenvalue weighted by Crippen LogP contribution is 2.12. The maximum Gasteiger partial charge on any atom is 0.170 e. The number of hydrogen-bond acceptors (Lipinski definition) is 4. The summed E-state index contributed by atoms with van der Waals surface area (Å²) in [6.45, 7) is 8.13. The van der Waals surface area contributed by atoms with Crippen LogP contribution < -0.4 is 15.8 Å². The van der Waals surface area contributed by atoms with Gasteiger partial charge in [0.1, 0.15) is 12.4 Å². The van der Waals surface area contributed by atoms with E-state index in [0.717, 1.165) is 18.2 Å². The number of nitrogens with one attached hydrogen (secondary N) is 1. The van der Waals surface area contributed by atoms with Gasteiger partial charge in [-0.15, -0.1) is 0 Å². The van der Waals surface area contributed by atoms with Gasteiger partial charge in [-0.05, 0) is 49.9 Å². The first-order chi connectivity index (χ1) is 10.0. The minimum absolute atomic E-state index is 0.0993. The fourth-order valence-electron chi connectivity index (χ4n) is 1.94. The van der Waals surface area contributed by atoms with E-state index in [9.17, 15) is 0 Å². The Hall–Kier alpha value is -1.75. The van der Waals surface area contributed by atoms with Gasteiger partial charge in [0.15, 0.2) is 5.84 Å². The first kappa shape index (κ1) is 17.3. The molecule has 4 N–H and O–H groups in total. The van der Waals surface area contributed by atoms with E-state index in [-0.39, 0.29) is 5.84 Å². The second-order valence-electron chi connectivity index (χ2n) is 5.68. The predicted octanol–water partition coefficient (Wildman–Crippen LogP) is 2.57. The van der Waals surface area contributed by atoms with Crippen molar-refractivity contribution >= 4 is 5.84 Å². The molecule has 1 aromatic carbocycles. The smallest absolute Gasteiger partial charge is 0.170 e. The van der Waals surface area contributed by atoms with Gasteiger partial charge in [-0.3, -0.25) is 0 Å². The molecule has 0 radical (unpaired) electrons. The van der Waals surface area contributed by atoms with Crippen LogP contribution in [0.2, 0.25) is 0 Å². The van der Waals surface area contributed by atoms with Crippen LogP contribution in [0.4, 0.5) is 0 Å². The van der Waals surface area contributed by atoms with Crippen molar-refractivity contribution in [1.29, 1.82) is 0 Å². The first-order valence-electron chi connectivity index (χ1n) is 7.47. The van der Waals surface area contributed by atoms with Crippen molar-refractivity contribution < 1.29 is 9.94 Å². The molecule has 0 aliphatic rings. The van der Waals surface area contributed by atoms with E-state index >= 15 is 0 Å². The fraction of sp³-hybridized carbons (Fsp3) is 0.562. The molecular formula is C16H27N3O2. The van der Waals surface area contributed by atoms with Crippen LogP contribution in [0.25, 0.3) is 0 Å². The molecule has 0 aliphatic carbocycles. The van der Waals surface area contributed by atoms with Crippen LogP contribution in [0.3, 0.4) is 0 Å². The average molecular weight is 293 g/mol. The van der Waals surface area contributed by atoms with Crippen molar-refractivity contribution in [3.05, 3.63) is 29.8 Å². The monoisotopic (exact) mass is 293 g/mol. The third kappa shape index (κ3) is 6.99. The average Bonchev–Trinajstić information content (AvgIpc) is 2.49. The van der Waals surface area contributed by atoms with Gasteiger partial charge in [-0.25, -0.2) is 0 Å². The third-order valence-electron chi connectivity index (χ3n) is 3.30. The summed E-state index contributed by atoms with van der Waals surface area (Å²) in [5.41, 5.74) is 6.17. The largest absolute Gasteiger partial charge is 0.492 e. The van der Waals surface area contributed by atoms with E-state index in [1.165, 1.54) is 12.8 Å². The second-order valence-corrected chi connectivity index (χ2v) is 5.68. The molecule has 0 aromatic heterocycles. The van der Waals surface area contributed by atoms with Crippen molar-refractivity contribution in [1.82, 2.24) is 5.32 Å². The normalized spacial score (nSPS) is 13.4. The minimum atomic E-state index is 0.0993. The molecule has 1 atom stereocenters. The van der Waals surface area contributed by atoms with Gasteiger partial charge >= 0.3 is 0 Å². The fourth-order valence-corrected chi connectivity index (χ4v) is 1.94. The van der Waals surface area contributed by atoms with Crippen LogP contribution in [-0.2, 0) is 0 Å². The van der Waals surface area contributed by atoms with Crippen molar-refractivity contribution in [2.75, 3.05) is 13.2 Å².